The highest BCUT2D eigenvalue weighted by Crippen LogP contribution is 2.40. The van der Waals surface area contributed by atoms with Gasteiger partial charge in [-0.2, -0.15) is 0 Å². The van der Waals surface area contributed by atoms with E-state index in [2.05, 4.69) is 4.90 Å². The zero-order chi connectivity index (χ0) is 15.3. The second-order valence-corrected chi connectivity index (χ2v) is 6.07. The van der Waals surface area contributed by atoms with Gasteiger partial charge in [0.15, 0.2) is 5.00 Å². The van der Waals surface area contributed by atoms with E-state index in [1.54, 1.807) is 6.92 Å². The Hall–Kier alpha value is -1.18. The Morgan fingerprint density at radius 3 is 2.55 bits per heavy atom. The third-order valence-electron chi connectivity index (χ3n) is 3.02. The van der Waals surface area contributed by atoms with Crippen LogP contribution in [0, 0.1) is 10.1 Å². The maximum Gasteiger partial charge on any atom is 0.304 e. The molecule has 0 bridgehead atoms. The lowest BCUT2D eigenvalue weighted by molar-refractivity contribution is -0.383. The van der Waals surface area contributed by atoms with Crippen LogP contribution in [0.15, 0.2) is 6.07 Å². The maximum absolute atomic E-state index is 11.2. The number of aliphatic hydroxyl groups excluding tert-OH is 1. The second-order valence-electron chi connectivity index (χ2n) is 5.01. The average molecular weight is 301 g/mol. The maximum atomic E-state index is 11.2. The summed E-state index contributed by atoms with van der Waals surface area (Å²) in [5.41, 5.74) is 0.0950. The van der Waals surface area contributed by atoms with Crippen molar-refractivity contribution in [2.45, 2.75) is 26.4 Å². The Labute approximate surface area is 123 Å². The summed E-state index contributed by atoms with van der Waals surface area (Å²) in [6, 6.07) is 1.49. The molecule has 0 aliphatic carbocycles. The molecule has 1 atom stereocenters. The third-order valence-corrected chi connectivity index (χ3v) is 4.38. The number of nitro groups is 1. The fraction of sp³-hybridized carbons (Fsp3) is 0.692. The highest BCUT2D eigenvalue weighted by molar-refractivity contribution is 7.16. The quantitative estimate of drug-likeness (QED) is 0.590. The van der Waals surface area contributed by atoms with Crippen LogP contribution in [-0.2, 0) is 0 Å². The van der Waals surface area contributed by atoms with Crippen LogP contribution in [-0.4, -0.2) is 48.7 Å². The SMILES string of the molecule is CCN(CCCN(C)C)c1sc([C@@H](C)O)cc1[N+](=O)[O-]. The molecule has 0 aliphatic rings. The Balaban J connectivity index is 2.92. The first kappa shape index (κ1) is 16.9. The van der Waals surface area contributed by atoms with Crippen LogP contribution in [0.2, 0.25) is 0 Å². The van der Waals surface area contributed by atoms with E-state index in [0.717, 1.165) is 19.5 Å². The van der Waals surface area contributed by atoms with E-state index >= 15 is 0 Å². The summed E-state index contributed by atoms with van der Waals surface area (Å²) in [6.45, 7) is 6.05. The zero-order valence-corrected chi connectivity index (χ0v) is 13.3. The van der Waals surface area contributed by atoms with Gasteiger partial charge >= 0.3 is 5.69 Å². The van der Waals surface area contributed by atoms with Gasteiger partial charge in [-0.05, 0) is 40.9 Å². The van der Waals surface area contributed by atoms with Crippen molar-refractivity contribution in [3.63, 3.8) is 0 Å². The van der Waals surface area contributed by atoms with Gasteiger partial charge in [0.1, 0.15) is 0 Å². The molecular formula is C13H23N3O3S. The Morgan fingerprint density at radius 1 is 1.45 bits per heavy atom. The summed E-state index contributed by atoms with van der Waals surface area (Å²) in [7, 11) is 4.02. The van der Waals surface area contributed by atoms with E-state index in [0.29, 0.717) is 16.4 Å². The molecular weight excluding hydrogens is 278 g/mol. The van der Waals surface area contributed by atoms with E-state index in [1.807, 2.05) is 25.9 Å². The molecule has 20 heavy (non-hydrogen) atoms. The predicted molar refractivity (Wildman–Crippen MR) is 82.7 cm³/mol. The lowest BCUT2D eigenvalue weighted by Gasteiger charge is -2.21. The normalized spacial score (nSPS) is 12.7. The molecule has 1 rings (SSSR count). The molecule has 0 spiro atoms. The Kier molecular flexibility index (Phi) is 6.38. The number of rotatable bonds is 8. The molecule has 0 fully saturated rings. The number of hydrogen-bond donors (Lipinski definition) is 1. The topological polar surface area (TPSA) is 69.8 Å². The van der Waals surface area contributed by atoms with Gasteiger partial charge in [-0.1, -0.05) is 0 Å². The van der Waals surface area contributed by atoms with Gasteiger partial charge in [-0.25, -0.2) is 0 Å². The molecule has 1 aromatic rings. The molecule has 1 aromatic heterocycles. The molecule has 0 aromatic carbocycles. The largest absolute Gasteiger partial charge is 0.388 e. The van der Waals surface area contributed by atoms with Gasteiger partial charge in [-0.15, -0.1) is 11.3 Å². The molecule has 0 radical (unpaired) electrons. The van der Waals surface area contributed by atoms with Crippen molar-refractivity contribution in [3.8, 4) is 0 Å². The summed E-state index contributed by atoms with van der Waals surface area (Å²) < 4.78 is 0. The molecule has 0 saturated heterocycles. The molecule has 1 N–H and O–H groups in total. The second kappa shape index (κ2) is 7.56. The van der Waals surface area contributed by atoms with E-state index in [1.165, 1.54) is 17.4 Å². The van der Waals surface area contributed by atoms with Crippen LogP contribution in [0.3, 0.4) is 0 Å². The number of thiophene rings is 1. The van der Waals surface area contributed by atoms with Crippen molar-refractivity contribution in [2.24, 2.45) is 0 Å². The highest BCUT2D eigenvalue weighted by Gasteiger charge is 2.24. The monoisotopic (exact) mass is 301 g/mol. The molecule has 1 heterocycles. The van der Waals surface area contributed by atoms with Crippen molar-refractivity contribution in [1.82, 2.24) is 4.90 Å². The zero-order valence-electron chi connectivity index (χ0n) is 12.5. The minimum atomic E-state index is -0.673. The summed E-state index contributed by atoms with van der Waals surface area (Å²) >= 11 is 1.31. The van der Waals surface area contributed by atoms with Crippen molar-refractivity contribution >= 4 is 22.0 Å². The number of anilines is 1. The van der Waals surface area contributed by atoms with Crippen LogP contribution >= 0.6 is 11.3 Å². The van der Waals surface area contributed by atoms with Gasteiger partial charge in [0.2, 0.25) is 0 Å². The van der Waals surface area contributed by atoms with Gasteiger partial charge in [0.05, 0.1) is 11.0 Å². The fourth-order valence-corrected chi connectivity index (χ4v) is 3.09. The molecule has 6 nitrogen and oxygen atoms in total. The van der Waals surface area contributed by atoms with Gasteiger partial charge in [0, 0.05) is 24.0 Å². The predicted octanol–water partition coefficient (Wildman–Crippen LogP) is 2.49. The fourth-order valence-electron chi connectivity index (χ4n) is 1.93. The molecule has 0 aliphatic heterocycles. The molecule has 0 unspecified atom stereocenters. The van der Waals surface area contributed by atoms with E-state index in [4.69, 9.17) is 0 Å². The summed E-state index contributed by atoms with van der Waals surface area (Å²) in [5, 5.41) is 21.4. The molecule has 114 valence electrons. The van der Waals surface area contributed by atoms with Gasteiger partial charge < -0.3 is 14.9 Å². The van der Waals surface area contributed by atoms with Crippen molar-refractivity contribution in [1.29, 1.82) is 0 Å². The number of aliphatic hydroxyl groups is 1. The molecule has 0 amide bonds. The van der Waals surface area contributed by atoms with Gasteiger partial charge in [-0.3, -0.25) is 10.1 Å². The smallest absolute Gasteiger partial charge is 0.304 e. The Morgan fingerprint density at radius 2 is 2.10 bits per heavy atom. The summed E-state index contributed by atoms with van der Waals surface area (Å²) in [4.78, 5) is 15.5. The van der Waals surface area contributed by atoms with Crippen LogP contribution in [0.4, 0.5) is 10.7 Å². The number of nitrogens with zero attached hydrogens (tertiary/aromatic N) is 3. The molecule has 0 saturated carbocycles. The van der Waals surface area contributed by atoms with E-state index in [9.17, 15) is 15.2 Å². The van der Waals surface area contributed by atoms with Crippen molar-refractivity contribution < 1.29 is 10.0 Å². The third kappa shape index (κ3) is 4.43. The minimum absolute atomic E-state index is 0.0950. The Bertz CT molecular complexity index is 446. The van der Waals surface area contributed by atoms with Crippen molar-refractivity contribution in [3.05, 3.63) is 21.1 Å². The van der Waals surface area contributed by atoms with Crippen LogP contribution in [0.25, 0.3) is 0 Å². The van der Waals surface area contributed by atoms with Crippen LogP contribution in [0.1, 0.15) is 31.2 Å². The number of hydrogen-bond acceptors (Lipinski definition) is 6. The molecule has 7 heteroatoms. The first-order valence-electron chi connectivity index (χ1n) is 6.72. The standard InChI is InChI=1S/C13H23N3O3S/c1-5-15(8-6-7-14(3)4)13-11(16(18)19)9-12(20-13)10(2)17/h9-10,17H,5-8H2,1-4H3/t10-/m1/s1. The van der Waals surface area contributed by atoms with Crippen LogP contribution < -0.4 is 4.90 Å². The van der Waals surface area contributed by atoms with E-state index < -0.39 is 6.10 Å². The minimum Gasteiger partial charge on any atom is -0.388 e. The lowest BCUT2D eigenvalue weighted by Crippen LogP contribution is -2.26. The summed E-state index contributed by atoms with van der Waals surface area (Å²) in [6.07, 6.45) is 0.271. The van der Waals surface area contributed by atoms with Crippen molar-refractivity contribution in [2.75, 3.05) is 38.6 Å². The lowest BCUT2D eigenvalue weighted by atomic mass is 10.3. The average Bonchev–Trinajstić information content (AvgIpc) is 2.79. The first-order chi connectivity index (χ1) is 9.36. The summed E-state index contributed by atoms with van der Waals surface area (Å²) in [5.74, 6) is 0. The van der Waals surface area contributed by atoms with Crippen LogP contribution in [0.5, 0.6) is 0 Å². The highest BCUT2D eigenvalue weighted by atomic mass is 32.1. The van der Waals surface area contributed by atoms with E-state index in [-0.39, 0.29) is 10.6 Å². The first-order valence-corrected chi connectivity index (χ1v) is 7.54. The van der Waals surface area contributed by atoms with Gasteiger partial charge in [0.25, 0.3) is 0 Å².